The van der Waals surface area contributed by atoms with Crippen LogP contribution in [0.1, 0.15) is 17.5 Å². The van der Waals surface area contributed by atoms with Gasteiger partial charge in [0.05, 0.1) is 0 Å². The minimum absolute atomic E-state index is 0.266. The summed E-state index contributed by atoms with van der Waals surface area (Å²) < 4.78 is 0. The van der Waals surface area contributed by atoms with Gasteiger partial charge in [-0.2, -0.15) is 11.3 Å². The van der Waals surface area contributed by atoms with Gasteiger partial charge in [0.1, 0.15) is 0 Å². The maximum atomic E-state index is 6.13. The zero-order valence-electron chi connectivity index (χ0n) is 9.30. The summed E-state index contributed by atoms with van der Waals surface area (Å²) in [5.41, 5.74) is 8.87. The van der Waals surface area contributed by atoms with Gasteiger partial charge in [-0.05, 0) is 47.2 Å². The first kappa shape index (κ1) is 11.4. The van der Waals surface area contributed by atoms with E-state index in [1.807, 2.05) is 6.07 Å². The van der Waals surface area contributed by atoms with E-state index in [1.54, 1.807) is 11.3 Å². The SMILES string of the molecule is NC(CCc1ccsc1)Cc1ccccc1. The molecule has 1 aromatic heterocycles. The van der Waals surface area contributed by atoms with Crippen molar-refractivity contribution in [3.63, 3.8) is 0 Å². The molecule has 0 spiro atoms. The molecule has 0 amide bonds. The van der Waals surface area contributed by atoms with Crippen molar-refractivity contribution in [3.8, 4) is 0 Å². The van der Waals surface area contributed by atoms with E-state index in [1.165, 1.54) is 11.1 Å². The first-order chi connectivity index (χ1) is 7.84. The fourth-order valence-corrected chi connectivity index (χ4v) is 2.51. The van der Waals surface area contributed by atoms with Gasteiger partial charge in [-0.25, -0.2) is 0 Å². The monoisotopic (exact) mass is 231 g/mol. The van der Waals surface area contributed by atoms with Crippen LogP contribution in [0.4, 0.5) is 0 Å². The summed E-state index contributed by atoms with van der Waals surface area (Å²) in [4.78, 5) is 0. The van der Waals surface area contributed by atoms with Gasteiger partial charge >= 0.3 is 0 Å². The highest BCUT2D eigenvalue weighted by Crippen LogP contribution is 2.11. The number of aryl methyl sites for hydroxylation is 1. The van der Waals surface area contributed by atoms with Crippen LogP contribution in [0.15, 0.2) is 47.2 Å². The lowest BCUT2D eigenvalue weighted by Gasteiger charge is -2.10. The second-order valence-corrected chi connectivity index (χ2v) is 4.90. The number of benzene rings is 1. The van der Waals surface area contributed by atoms with Crippen molar-refractivity contribution in [1.82, 2.24) is 0 Å². The number of hydrogen-bond donors (Lipinski definition) is 1. The van der Waals surface area contributed by atoms with Crippen molar-refractivity contribution < 1.29 is 0 Å². The van der Waals surface area contributed by atoms with Crippen molar-refractivity contribution in [2.45, 2.75) is 25.3 Å². The Hall–Kier alpha value is -1.12. The second-order valence-electron chi connectivity index (χ2n) is 4.12. The van der Waals surface area contributed by atoms with E-state index < -0.39 is 0 Å². The Morgan fingerprint density at radius 1 is 1.06 bits per heavy atom. The van der Waals surface area contributed by atoms with Gasteiger partial charge in [0, 0.05) is 6.04 Å². The van der Waals surface area contributed by atoms with Crippen LogP contribution in [0.5, 0.6) is 0 Å². The molecule has 1 heterocycles. The van der Waals surface area contributed by atoms with E-state index in [0.29, 0.717) is 0 Å². The Labute approximate surface area is 101 Å². The summed E-state index contributed by atoms with van der Waals surface area (Å²) in [5.74, 6) is 0. The van der Waals surface area contributed by atoms with Crippen molar-refractivity contribution in [1.29, 1.82) is 0 Å². The molecule has 0 saturated heterocycles. The Balaban J connectivity index is 1.78. The fraction of sp³-hybridized carbons (Fsp3) is 0.286. The fourth-order valence-electron chi connectivity index (χ4n) is 1.81. The van der Waals surface area contributed by atoms with Gasteiger partial charge < -0.3 is 5.73 Å². The smallest absolute Gasteiger partial charge is 0.00824 e. The first-order valence-electron chi connectivity index (χ1n) is 5.65. The van der Waals surface area contributed by atoms with Crippen LogP contribution in [0.25, 0.3) is 0 Å². The highest BCUT2D eigenvalue weighted by atomic mass is 32.1. The van der Waals surface area contributed by atoms with Gasteiger partial charge in [-0.1, -0.05) is 30.3 Å². The average molecular weight is 231 g/mol. The quantitative estimate of drug-likeness (QED) is 0.840. The Morgan fingerprint density at radius 2 is 1.88 bits per heavy atom. The lowest BCUT2D eigenvalue weighted by atomic mass is 10.0. The van der Waals surface area contributed by atoms with E-state index in [0.717, 1.165) is 19.3 Å². The molecular formula is C14H17NS. The largest absolute Gasteiger partial charge is 0.327 e. The average Bonchev–Trinajstić information content (AvgIpc) is 2.81. The summed E-state index contributed by atoms with van der Waals surface area (Å²) >= 11 is 1.75. The van der Waals surface area contributed by atoms with Gasteiger partial charge in [0.2, 0.25) is 0 Å². The zero-order valence-corrected chi connectivity index (χ0v) is 10.1. The van der Waals surface area contributed by atoms with Crippen LogP contribution in [0, 0.1) is 0 Å². The predicted octanol–water partition coefficient (Wildman–Crippen LogP) is 3.25. The summed E-state index contributed by atoms with van der Waals surface area (Å²) in [6, 6.07) is 12.9. The maximum absolute atomic E-state index is 6.13. The normalized spacial score (nSPS) is 12.6. The first-order valence-corrected chi connectivity index (χ1v) is 6.59. The molecule has 1 aromatic carbocycles. The molecule has 2 rings (SSSR count). The van der Waals surface area contributed by atoms with Crippen molar-refractivity contribution in [3.05, 3.63) is 58.3 Å². The highest BCUT2D eigenvalue weighted by Gasteiger charge is 2.04. The van der Waals surface area contributed by atoms with Gasteiger partial charge in [0.15, 0.2) is 0 Å². The molecule has 2 heteroatoms. The van der Waals surface area contributed by atoms with Crippen LogP contribution < -0.4 is 5.73 Å². The molecule has 16 heavy (non-hydrogen) atoms. The van der Waals surface area contributed by atoms with Crippen LogP contribution >= 0.6 is 11.3 Å². The second kappa shape index (κ2) is 5.83. The van der Waals surface area contributed by atoms with Crippen LogP contribution in [0.2, 0.25) is 0 Å². The Kier molecular flexibility index (Phi) is 4.14. The van der Waals surface area contributed by atoms with Gasteiger partial charge in [-0.15, -0.1) is 0 Å². The van der Waals surface area contributed by atoms with E-state index in [2.05, 4.69) is 41.1 Å². The minimum Gasteiger partial charge on any atom is -0.327 e. The lowest BCUT2D eigenvalue weighted by Crippen LogP contribution is -2.23. The number of thiophene rings is 1. The molecular weight excluding hydrogens is 214 g/mol. The topological polar surface area (TPSA) is 26.0 Å². The highest BCUT2D eigenvalue weighted by molar-refractivity contribution is 7.07. The van der Waals surface area contributed by atoms with Gasteiger partial charge in [0.25, 0.3) is 0 Å². The zero-order chi connectivity index (χ0) is 11.2. The lowest BCUT2D eigenvalue weighted by molar-refractivity contribution is 0.611. The predicted molar refractivity (Wildman–Crippen MR) is 70.8 cm³/mol. The summed E-state index contributed by atoms with van der Waals surface area (Å²) in [6.45, 7) is 0. The van der Waals surface area contributed by atoms with E-state index in [9.17, 15) is 0 Å². The van der Waals surface area contributed by atoms with Crippen LogP contribution in [-0.4, -0.2) is 6.04 Å². The molecule has 0 aliphatic rings. The Morgan fingerprint density at radius 3 is 2.56 bits per heavy atom. The Bertz CT molecular complexity index is 394. The molecule has 0 radical (unpaired) electrons. The standard InChI is InChI=1S/C14H17NS/c15-14(7-6-13-8-9-16-11-13)10-12-4-2-1-3-5-12/h1-5,8-9,11,14H,6-7,10,15H2. The molecule has 0 aliphatic heterocycles. The van der Waals surface area contributed by atoms with Crippen LogP contribution in [-0.2, 0) is 12.8 Å². The van der Waals surface area contributed by atoms with Crippen molar-refractivity contribution >= 4 is 11.3 Å². The molecule has 2 aromatic rings. The molecule has 1 atom stereocenters. The maximum Gasteiger partial charge on any atom is 0.00824 e. The number of hydrogen-bond acceptors (Lipinski definition) is 2. The molecule has 0 saturated carbocycles. The third kappa shape index (κ3) is 3.47. The summed E-state index contributed by atoms with van der Waals surface area (Å²) in [6.07, 6.45) is 3.13. The molecule has 0 fully saturated rings. The third-order valence-electron chi connectivity index (χ3n) is 2.72. The van der Waals surface area contributed by atoms with Gasteiger partial charge in [-0.3, -0.25) is 0 Å². The third-order valence-corrected chi connectivity index (χ3v) is 3.46. The van der Waals surface area contributed by atoms with E-state index >= 15 is 0 Å². The molecule has 0 bridgehead atoms. The summed E-state index contributed by atoms with van der Waals surface area (Å²) in [5, 5.41) is 4.33. The van der Waals surface area contributed by atoms with E-state index in [-0.39, 0.29) is 6.04 Å². The minimum atomic E-state index is 0.266. The molecule has 0 aliphatic carbocycles. The summed E-state index contributed by atoms with van der Waals surface area (Å²) in [7, 11) is 0. The molecule has 1 nitrogen and oxygen atoms in total. The van der Waals surface area contributed by atoms with Crippen molar-refractivity contribution in [2.75, 3.05) is 0 Å². The van der Waals surface area contributed by atoms with Crippen LogP contribution in [0.3, 0.4) is 0 Å². The number of rotatable bonds is 5. The molecule has 1 unspecified atom stereocenters. The molecule has 84 valence electrons. The number of nitrogens with two attached hydrogens (primary N) is 1. The van der Waals surface area contributed by atoms with E-state index in [4.69, 9.17) is 5.73 Å². The molecule has 2 N–H and O–H groups in total. The van der Waals surface area contributed by atoms with Crippen molar-refractivity contribution in [2.24, 2.45) is 5.73 Å².